The third-order valence-electron chi connectivity index (χ3n) is 3.85. The van der Waals surface area contributed by atoms with Crippen molar-refractivity contribution in [2.75, 3.05) is 19.6 Å². The maximum Gasteiger partial charge on any atom is 0.254 e. The Kier molecular flexibility index (Phi) is 4.81. The fourth-order valence-corrected chi connectivity index (χ4v) is 3.08. The SMILES string of the molecule is O=C(c1ccc(Br)cc1)N1CCNC[C@H]1c1ccc(Cl)cc1. The molecule has 1 saturated heterocycles. The molecule has 2 aromatic carbocycles. The molecule has 3 rings (SSSR count). The number of hydrogen-bond donors (Lipinski definition) is 1. The standard InChI is InChI=1S/C17H16BrClN2O/c18-14-5-1-13(2-6-14)17(22)21-10-9-20-11-16(21)12-3-7-15(19)8-4-12/h1-8,16,20H,9-11H2/t16-/m0/s1. The van der Waals surface area contributed by atoms with Crippen LogP contribution in [0, 0.1) is 0 Å². The normalized spacial score (nSPS) is 18.3. The third-order valence-corrected chi connectivity index (χ3v) is 4.63. The molecule has 1 atom stereocenters. The molecule has 0 spiro atoms. The van der Waals surface area contributed by atoms with E-state index in [-0.39, 0.29) is 11.9 Å². The first kappa shape index (κ1) is 15.5. The summed E-state index contributed by atoms with van der Waals surface area (Å²) < 4.78 is 0.971. The van der Waals surface area contributed by atoms with Crippen LogP contribution in [-0.2, 0) is 0 Å². The number of carbonyl (C=O) groups is 1. The minimum atomic E-state index is 0.0298. The van der Waals surface area contributed by atoms with Crippen LogP contribution in [0.15, 0.2) is 53.0 Å². The fraction of sp³-hybridized carbons (Fsp3) is 0.235. The molecule has 3 nitrogen and oxygen atoms in total. The molecular formula is C17H16BrClN2O. The van der Waals surface area contributed by atoms with Crippen LogP contribution in [0.5, 0.6) is 0 Å². The van der Waals surface area contributed by atoms with Gasteiger partial charge in [-0.05, 0) is 42.0 Å². The van der Waals surface area contributed by atoms with Crippen molar-refractivity contribution in [2.24, 2.45) is 0 Å². The van der Waals surface area contributed by atoms with Crippen LogP contribution < -0.4 is 5.32 Å². The second-order valence-electron chi connectivity index (χ2n) is 5.28. The largest absolute Gasteiger partial charge is 0.329 e. The van der Waals surface area contributed by atoms with Gasteiger partial charge in [-0.3, -0.25) is 4.79 Å². The molecule has 114 valence electrons. The second kappa shape index (κ2) is 6.82. The number of piperazine rings is 1. The minimum Gasteiger partial charge on any atom is -0.329 e. The maximum atomic E-state index is 12.8. The first-order valence-corrected chi connectivity index (χ1v) is 8.35. The topological polar surface area (TPSA) is 32.3 Å². The van der Waals surface area contributed by atoms with Crippen molar-refractivity contribution >= 4 is 33.4 Å². The molecule has 2 aromatic rings. The smallest absolute Gasteiger partial charge is 0.254 e. The predicted molar refractivity (Wildman–Crippen MR) is 92.2 cm³/mol. The van der Waals surface area contributed by atoms with Crippen molar-refractivity contribution in [3.63, 3.8) is 0 Å². The van der Waals surface area contributed by atoms with Crippen LogP contribution in [0.25, 0.3) is 0 Å². The van der Waals surface area contributed by atoms with E-state index in [0.717, 1.165) is 23.1 Å². The van der Waals surface area contributed by atoms with Gasteiger partial charge < -0.3 is 10.2 Å². The zero-order chi connectivity index (χ0) is 15.5. The zero-order valence-electron chi connectivity index (χ0n) is 11.9. The summed E-state index contributed by atoms with van der Waals surface area (Å²) in [4.78, 5) is 14.8. The second-order valence-corrected chi connectivity index (χ2v) is 6.63. The quantitative estimate of drug-likeness (QED) is 0.858. The minimum absolute atomic E-state index is 0.0298. The molecule has 0 aliphatic carbocycles. The van der Waals surface area contributed by atoms with Gasteiger partial charge in [-0.25, -0.2) is 0 Å². The van der Waals surface area contributed by atoms with Crippen molar-refractivity contribution in [1.82, 2.24) is 10.2 Å². The maximum absolute atomic E-state index is 12.8. The van der Waals surface area contributed by atoms with Gasteiger partial charge in [-0.2, -0.15) is 0 Å². The van der Waals surface area contributed by atoms with E-state index >= 15 is 0 Å². The van der Waals surface area contributed by atoms with Gasteiger partial charge in [0.05, 0.1) is 6.04 Å². The van der Waals surface area contributed by atoms with E-state index in [1.54, 1.807) is 0 Å². The summed E-state index contributed by atoms with van der Waals surface area (Å²) in [6.45, 7) is 2.26. The lowest BCUT2D eigenvalue weighted by molar-refractivity contribution is 0.0634. The Morgan fingerprint density at radius 2 is 1.82 bits per heavy atom. The summed E-state index contributed by atoms with van der Waals surface area (Å²) >= 11 is 9.36. The van der Waals surface area contributed by atoms with Gasteiger partial charge in [0.25, 0.3) is 5.91 Å². The van der Waals surface area contributed by atoms with E-state index in [9.17, 15) is 4.79 Å². The van der Waals surface area contributed by atoms with E-state index < -0.39 is 0 Å². The fourth-order valence-electron chi connectivity index (χ4n) is 2.69. The van der Waals surface area contributed by atoms with Gasteiger partial charge in [-0.1, -0.05) is 39.7 Å². The van der Waals surface area contributed by atoms with Crippen molar-refractivity contribution in [2.45, 2.75) is 6.04 Å². The van der Waals surface area contributed by atoms with Crippen molar-refractivity contribution in [3.05, 3.63) is 69.2 Å². The highest BCUT2D eigenvalue weighted by atomic mass is 79.9. The summed E-state index contributed by atoms with van der Waals surface area (Å²) in [6.07, 6.45) is 0. The van der Waals surface area contributed by atoms with Gasteiger partial charge in [0.2, 0.25) is 0 Å². The lowest BCUT2D eigenvalue weighted by Crippen LogP contribution is -2.48. The van der Waals surface area contributed by atoms with Crippen LogP contribution in [0.2, 0.25) is 5.02 Å². The monoisotopic (exact) mass is 378 g/mol. The molecule has 5 heteroatoms. The van der Waals surface area contributed by atoms with Crippen LogP contribution in [0.3, 0.4) is 0 Å². The van der Waals surface area contributed by atoms with Crippen LogP contribution >= 0.6 is 27.5 Å². The first-order valence-electron chi connectivity index (χ1n) is 7.18. The number of carbonyl (C=O) groups excluding carboxylic acids is 1. The molecule has 1 aliphatic rings. The summed E-state index contributed by atoms with van der Waals surface area (Å²) in [7, 11) is 0. The van der Waals surface area contributed by atoms with Gasteiger partial charge in [0, 0.05) is 34.7 Å². The van der Waals surface area contributed by atoms with Crippen LogP contribution in [0.1, 0.15) is 22.0 Å². The first-order chi connectivity index (χ1) is 10.6. The summed E-state index contributed by atoms with van der Waals surface area (Å²) in [5.41, 5.74) is 1.81. The van der Waals surface area contributed by atoms with E-state index in [2.05, 4.69) is 21.2 Å². The molecule has 22 heavy (non-hydrogen) atoms. The summed E-state index contributed by atoms with van der Waals surface area (Å²) in [5.74, 6) is 0.0638. The van der Waals surface area contributed by atoms with Crippen molar-refractivity contribution in [1.29, 1.82) is 0 Å². The van der Waals surface area contributed by atoms with Crippen LogP contribution in [-0.4, -0.2) is 30.4 Å². The van der Waals surface area contributed by atoms with Crippen molar-refractivity contribution in [3.8, 4) is 0 Å². The Bertz CT molecular complexity index is 657. The number of nitrogens with zero attached hydrogens (tertiary/aromatic N) is 1. The van der Waals surface area contributed by atoms with Gasteiger partial charge >= 0.3 is 0 Å². The molecule has 1 amide bonds. The Morgan fingerprint density at radius 3 is 2.50 bits per heavy atom. The Labute approximate surface area is 143 Å². The summed E-state index contributed by atoms with van der Waals surface area (Å²) in [6, 6.07) is 15.2. The van der Waals surface area contributed by atoms with Gasteiger partial charge in [0.1, 0.15) is 0 Å². The molecule has 0 radical (unpaired) electrons. The van der Waals surface area contributed by atoms with E-state index in [0.29, 0.717) is 17.1 Å². The highest BCUT2D eigenvalue weighted by Crippen LogP contribution is 2.25. The number of hydrogen-bond acceptors (Lipinski definition) is 2. The van der Waals surface area contributed by atoms with E-state index in [1.807, 2.05) is 53.4 Å². The van der Waals surface area contributed by atoms with Crippen molar-refractivity contribution < 1.29 is 4.79 Å². The molecule has 0 aromatic heterocycles. The average molecular weight is 380 g/mol. The predicted octanol–water partition coefficient (Wildman–Crippen LogP) is 3.89. The molecule has 1 N–H and O–H groups in total. The molecule has 1 heterocycles. The number of rotatable bonds is 2. The van der Waals surface area contributed by atoms with Gasteiger partial charge in [-0.15, -0.1) is 0 Å². The number of nitrogens with one attached hydrogen (secondary N) is 1. The Balaban J connectivity index is 1.87. The Morgan fingerprint density at radius 1 is 1.14 bits per heavy atom. The number of halogens is 2. The van der Waals surface area contributed by atoms with E-state index in [4.69, 9.17) is 11.6 Å². The molecule has 0 saturated carbocycles. The zero-order valence-corrected chi connectivity index (χ0v) is 14.3. The third kappa shape index (κ3) is 3.35. The van der Waals surface area contributed by atoms with Gasteiger partial charge in [0.15, 0.2) is 0 Å². The lowest BCUT2D eigenvalue weighted by Gasteiger charge is -2.36. The van der Waals surface area contributed by atoms with E-state index in [1.165, 1.54) is 0 Å². The number of benzene rings is 2. The lowest BCUT2D eigenvalue weighted by atomic mass is 10.0. The van der Waals surface area contributed by atoms with Crippen LogP contribution in [0.4, 0.5) is 0 Å². The molecule has 0 bridgehead atoms. The highest BCUT2D eigenvalue weighted by Gasteiger charge is 2.28. The molecule has 1 aliphatic heterocycles. The average Bonchev–Trinajstić information content (AvgIpc) is 2.56. The Hall–Kier alpha value is -1.36. The molecule has 1 fully saturated rings. The number of amides is 1. The molecule has 0 unspecified atom stereocenters. The molecular weight excluding hydrogens is 364 g/mol. The highest BCUT2D eigenvalue weighted by molar-refractivity contribution is 9.10. The summed E-state index contributed by atoms with van der Waals surface area (Å²) in [5, 5.41) is 4.07.